The molecule has 0 unspecified atom stereocenters. The third-order valence-electron chi connectivity index (χ3n) is 2.95. The van der Waals surface area contributed by atoms with Gasteiger partial charge in [0.1, 0.15) is 16.6 Å². The van der Waals surface area contributed by atoms with E-state index in [0.717, 1.165) is 18.0 Å². The highest BCUT2D eigenvalue weighted by Crippen LogP contribution is 2.35. The lowest BCUT2D eigenvalue weighted by molar-refractivity contribution is 0.0993. The molecule has 0 aromatic carbocycles. The molecule has 1 rings (SSSR count). The second-order valence-electron chi connectivity index (χ2n) is 4.42. The molecule has 0 aliphatic rings. The zero-order valence-corrected chi connectivity index (χ0v) is 12.4. The summed E-state index contributed by atoms with van der Waals surface area (Å²) in [6, 6.07) is 2.09. The Labute approximate surface area is 118 Å². The molecule has 3 N–H and O–H groups in total. The first-order valence-corrected chi connectivity index (χ1v) is 7.56. The number of hydrogen-bond acceptors (Lipinski definition) is 5. The smallest absolute Gasteiger partial charge is 0.174 e. The molecule has 0 radical (unpaired) electrons. The van der Waals surface area contributed by atoms with Crippen molar-refractivity contribution in [1.82, 2.24) is 0 Å². The molecule has 0 saturated carbocycles. The third-order valence-corrected chi connectivity index (χ3v) is 4.15. The minimum Gasteiger partial charge on any atom is -0.396 e. The van der Waals surface area contributed by atoms with E-state index in [1.54, 1.807) is 6.92 Å². The molecule has 4 nitrogen and oxygen atoms in total. The zero-order chi connectivity index (χ0) is 14.3. The monoisotopic (exact) mass is 279 g/mol. The molecular weight excluding hydrogens is 258 g/mol. The van der Waals surface area contributed by atoms with Crippen LogP contribution in [0.1, 0.15) is 61.2 Å². The SMILES string of the molecule is CCCCCCNc1sc(C(=O)CC)c(N)c1C#N. The summed E-state index contributed by atoms with van der Waals surface area (Å²) in [5.41, 5.74) is 6.61. The summed E-state index contributed by atoms with van der Waals surface area (Å²) in [5.74, 6) is -0.00182. The molecule has 0 bridgehead atoms. The van der Waals surface area contributed by atoms with Crippen molar-refractivity contribution in [2.75, 3.05) is 17.6 Å². The lowest BCUT2D eigenvalue weighted by atomic mass is 10.2. The van der Waals surface area contributed by atoms with Crippen molar-refractivity contribution < 1.29 is 4.79 Å². The molecule has 0 fully saturated rings. The lowest BCUT2D eigenvalue weighted by Crippen LogP contribution is -2.01. The Hall–Kier alpha value is -1.54. The second kappa shape index (κ2) is 7.80. The first-order valence-electron chi connectivity index (χ1n) is 6.75. The van der Waals surface area contributed by atoms with Crippen LogP contribution in [0, 0.1) is 11.3 Å². The fraction of sp³-hybridized carbons (Fsp3) is 0.571. The molecular formula is C14H21N3OS. The molecule has 5 heteroatoms. The van der Waals surface area contributed by atoms with Gasteiger partial charge in [-0.25, -0.2) is 0 Å². The van der Waals surface area contributed by atoms with Gasteiger partial charge in [0, 0.05) is 13.0 Å². The van der Waals surface area contributed by atoms with Crippen LogP contribution in [0.4, 0.5) is 10.7 Å². The van der Waals surface area contributed by atoms with Crippen molar-refractivity contribution in [3.05, 3.63) is 10.4 Å². The summed E-state index contributed by atoms with van der Waals surface area (Å²) in [5, 5.41) is 13.1. The van der Waals surface area contributed by atoms with Crippen LogP contribution < -0.4 is 11.1 Å². The van der Waals surface area contributed by atoms with Gasteiger partial charge in [0.25, 0.3) is 0 Å². The lowest BCUT2D eigenvalue weighted by Gasteiger charge is -2.03. The highest BCUT2D eigenvalue weighted by atomic mass is 32.1. The predicted octanol–water partition coefficient (Wildman–Crippen LogP) is 3.79. The van der Waals surface area contributed by atoms with Crippen molar-refractivity contribution in [1.29, 1.82) is 5.26 Å². The van der Waals surface area contributed by atoms with Crippen molar-refractivity contribution >= 4 is 27.8 Å². The molecule has 0 aliphatic carbocycles. The summed E-state index contributed by atoms with van der Waals surface area (Å²) in [4.78, 5) is 12.2. The topological polar surface area (TPSA) is 78.9 Å². The first-order chi connectivity index (χ1) is 9.15. The fourth-order valence-electron chi connectivity index (χ4n) is 1.80. The van der Waals surface area contributed by atoms with E-state index >= 15 is 0 Å². The predicted molar refractivity (Wildman–Crippen MR) is 80.7 cm³/mol. The second-order valence-corrected chi connectivity index (χ2v) is 5.45. The van der Waals surface area contributed by atoms with Crippen molar-refractivity contribution in [2.45, 2.75) is 46.0 Å². The van der Waals surface area contributed by atoms with Crippen LogP contribution in [0.2, 0.25) is 0 Å². The number of unbranched alkanes of at least 4 members (excludes halogenated alkanes) is 3. The number of rotatable bonds is 8. The number of nitrogens with zero attached hydrogens (tertiary/aromatic N) is 1. The first kappa shape index (κ1) is 15.5. The Balaban J connectivity index is 2.73. The fourth-order valence-corrected chi connectivity index (χ4v) is 2.91. The minimum absolute atomic E-state index is 0.00182. The van der Waals surface area contributed by atoms with Gasteiger partial charge in [-0.2, -0.15) is 5.26 Å². The van der Waals surface area contributed by atoms with Crippen molar-refractivity contribution in [3.8, 4) is 6.07 Å². The van der Waals surface area contributed by atoms with E-state index in [1.165, 1.54) is 30.6 Å². The molecule has 1 aromatic heterocycles. The molecule has 1 aromatic rings. The van der Waals surface area contributed by atoms with E-state index in [0.29, 0.717) is 22.5 Å². The maximum atomic E-state index is 11.7. The number of nitrogens with one attached hydrogen (secondary N) is 1. The largest absolute Gasteiger partial charge is 0.396 e. The number of nitrogen functional groups attached to an aromatic ring is 1. The molecule has 0 atom stereocenters. The van der Waals surface area contributed by atoms with Crippen LogP contribution >= 0.6 is 11.3 Å². The van der Waals surface area contributed by atoms with Crippen LogP contribution in [0.25, 0.3) is 0 Å². The molecule has 104 valence electrons. The molecule has 0 spiro atoms. The summed E-state index contributed by atoms with van der Waals surface area (Å²) >= 11 is 1.30. The van der Waals surface area contributed by atoms with Gasteiger partial charge in [-0.3, -0.25) is 4.79 Å². The number of Topliss-reactive ketones (excluding diaryl/α,β-unsaturated/α-hetero) is 1. The Morgan fingerprint density at radius 3 is 2.68 bits per heavy atom. The van der Waals surface area contributed by atoms with Crippen LogP contribution in [-0.2, 0) is 0 Å². The Bertz CT molecular complexity index is 474. The van der Waals surface area contributed by atoms with Gasteiger partial charge in [0.2, 0.25) is 0 Å². The van der Waals surface area contributed by atoms with Gasteiger partial charge in [-0.1, -0.05) is 33.1 Å². The number of anilines is 2. The van der Waals surface area contributed by atoms with Crippen LogP contribution in [-0.4, -0.2) is 12.3 Å². The normalized spacial score (nSPS) is 10.2. The van der Waals surface area contributed by atoms with Gasteiger partial charge in [0.15, 0.2) is 5.78 Å². The van der Waals surface area contributed by atoms with Crippen molar-refractivity contribution in [2.24, 2.45) is 0 Å². The standard InChI is InChI=1S/C14H21N3OS/c1-3-5-6-7-8-17-14-10(9-15)12(16)13(19-14)11(18)4-2/h17H,3-8,16H2,1-2H3. The van der Waals surface area contributed by atoms with Gasteiger partial charge >= 0.3 is 0 Å². The zero-order valence-electron chi connectivity index (χ0n) is 11.6. The molecule has 1 heterocycles. The number of carbonyl (C=O) groups is 1. The average Bonchev–Trinajstić information content (AvgIpc) is 2.74. The van der Waals surface area contributed by atoms with E-state index in [2.05, 4.69) is 18.3 Å². The summed E-state index contributed by atoms with van der Waals surface area (Å²) in [7, 11) is 0. The van der Waals surface area contributed by atoms with Crippen LogP contribution in [0.5, 0.6) is 0 Å². The quantitative estimate of drug-likeness (QED) is 0.560. The Morgan fingerprint density at radius 1 is 1.37 bits per heavy atom. The number of carbonyl (C=O) groups excluding carboxylic acids is 1. The summed E-state index contributed by atoms with van der Waals surface area (Å²) < 4.78 is 0. The Morgan fingerprint density at radius 2 is 2.11 bits per heavy atom. The highest BCUT2D eigenvalue weighted by molar-refractivity contribution is 7.19. The molecule has 19 heavy (non-hydrogen) atoms. The number of ketones is 1. The van der Waals surface area contributed by atoms with E-state index in [1.807, 2.05) is 0 Å². The summed E-state index contributed by atoms with van der Waals surface area (Å²) in [6.45, 7) is 4.78. The maximum Gasteiger partial charge on any atom is 0.174 e. The Kier molecular flexibility index (Phi) is 6.37. The number of thiophene rings is 1. The van der Waals surface area contributed by atoms with Crippen LogP contribution in [0.15, 0.2) is 0 Å². The van der Waals surface area contributed by atoms with E-state index in [4.69, 9.17) is 11.0 Å². The molecule has 0 amide bonds. The molecule has 0 saturated heterocycles. The van der Waals surface area contributed by atoms with Gasteiger partial charge in [-0.15, -0.1) is 11.3 Å². The van der Waals surface area contributed by atoms with Crippen molar-refractivity contribution in [3.63, 3.8) is 0 Å². The minimum atomic E-state index is -0.00182. The average molecular weight is 279 g/mol. The maximum absolute atomic E-state index is 11.7. The number of nitrogens with two attached hydrogens (primary N) is 1. The number of nitriles is 1. The van der Waals surface area contributed by atoms with E-state index < -0.39 is 0 Å². The van der Waals surface area contributed by atoms with Gasteiger partial charge < -0.3 is 11.1 Å². The van der Waals surface area contributed by atoms with E-state index in [9.17, 15) is 4.79 Å². The third kappa shape index (κ3) is 3.97. The van der Waals surface area contributed by atoms with E-state index in [-0.39, 0.29) is 5.78 Å². The van der Waals surface area contributed by atoms with Gasteiger partial charge in [-0.05, 0) is 6.42 Å². The highest BCUT2D eigenvalue weighted by Gasteiger charge is 2.19. The molecule has 0 aliphatic heterocycles. The van der Waals surface area contributed by atoms with Gasteiger partial charge in [0.05, 0.1) is 10.6 Å². The van der Waals surface area contributed by atoms with Crippen LogP contribution in [0.3, 0.4) is 0 Å². The number of hydrogen-bond donors (Lipinski definition) is 2. The summed E-state index contributed by atoms with van der Waals surface area (Å²) in [6.07, 6.45) is 5.07.